The molecule has 2 N–H and O–H groups in total. The molecule has 1 aliphatic rings. The van der Waals surface area contributed by atoms with Gasteiger partial charge in [-0.05, 0) is 61.2 Å². The molecule has 29 heavy (non-hydrogen) atoms. The number of pyridine rings is 1. The van der Waals surface area contributed by atoms with Gasteiger partial charge in [0.25, 0.3) is 5.91 Å². The molecule has 1 aliphatic heterocycles. The average Bonchev–Trinajstić information content (AvgIpc) is 3.30. The second kappa shape index (κ2) is 9.24. The van der Waals surface area contributed by atoms with Gasteiger partial charge in [-0.15, -0.1) is 0 Å². The van der Waals surface area contributed by atoms with Gasteiger partial charge in [0, 0.05) is 42.8 Å². The molecule has 0 bridgehead atoms. The zero-order valence-corrected chi connectivity index (χ0v) is 16.5. The molecular weight excluding hydrogens is 360 g/mol. The molecule has 1 aromatic heterocycles. The van der Waals surface area contributed by atoms with Crippen LogP contribution in [0, 0.1) is 0 Å². The van der Waals surface area contributed by atoms with Gasteiger partial charge >= 0.3 is 0 Å². The van der Waals surface area contributed by atoms with Gasteiger partial charge in [0.1, 0.15) is 5.82 Å². The van der Waals surface area contributed by atoms with Gasteiger partial charge in [-0.3, -0.25) is 4.79 Å². The number of rotatable bonds is 7. The van der Waals surface area contributed by atoms with E-state index in [0.29, 0.717) is 11.4 Å². The first-order chi connectivity index (χ1) is 14.3. The van der Waals surface area contributed by atoms with E-state index in [1.165, 1.54) is 24.1 Å². The van der Waals surface area contributed by atoms with E-state index in [2.05, 4.69) is 44.8 Å². The van der Waals surface area contributed by atoms with Crippen molar-refractivity contribution in [1.82, 2.24) is 4.98 Å². The number of benzene rings is 2. The Hall–Kier alpha value is -3.34. The topological polar surface area (TPSA) is 57.3 Å². The summed E-state index contributed by atoms with van der Waals surface area (Å²) in [6.45, 7) is 2.99. The zero-order valence-electron chi connectivity index (χ0n) is 16.5. The molecule has 1 fully saturated rings. The van der Waals surface area contributed by atoms with Crippen molar-refractivity contribution in [2.75, 3.05) is 35.2 Å². The van der Waals surface area contributed by atoms with E-state index in [1.54, 1.807) is 18.3 Å². The fourth-order valence-corrected chi connectivity index (χ4v) is 3.58. The van der Waals surface area contributed by atoms with E-state index in [9.17, 15) is 4.79 Å². The van der Waals surface area contributed by atoms with Crippen LogP contribution in [0.1, 0.15) is 28.8 Å². The van der Waals surface area contributed by atoms with Crippen molar-refractivity contribution in [2.45, 2.75) is 19.3 Å². The molecule has 2 heterocycles. The Labute approximate surface area is 171 Å². The Morgan fingerprint density at radius 1 is 0.966 bits per heavy atom. The number of anilines is 3. The lowest BCUT2D eigenvalue weighted by atomic mass is 10.1. The first-order valence-corrected chi connectivity index (χ1v) is 10.2. The third kappa shape index (κ3) is 5.13. The van der Waals surface area contributed by atoms with Crippen molar-refractivity contribution < 1.29 is 4.79 Å². The standard InChI is InChI=1S/C24H26N4O/c29-24(27-21-8-10-22(11-9-21)28-16-4-5-17-28)20-13-15-26-23(18-20)25-14-12-19-6-2-1-3-7-19/h1-3,6-11,13,15,18H,4-5,12,14,16-17H2,(H,25,26)(H,27,29). The monoisotopic (exact) mass is 386 g/mol. The summed E-state index contributed by atoms with van der Waals surface area (Å²) in [7, 11) is 0. The Morgan fingerprint density at radius 2 is 1.72 bits per heavy atom. The van der Waals surface area contributed by atoms with Crippen LogP contribution in [-0.2, 0) is 6.42 Å². The van der Waals surface area contributed by atoms with E-state index in [4.69, 9.17) is 0 Å². The molecule has 0 atom stereocenters. The van der Waals surface area contributed by atoms with Crippen molar-refractivity contribution in [3.63, 3.8) is 0 Å². The van der Waals surface area contributed by atoms with Gasteiger partial charge in [-0.25, -0.2) is 4.98 Å². The Balaban J connectivity index is 1.33. The summed E-state index contributed by atoms with van der Waals surface area (Å²) in [6.07, 6.45) is 5.07. The second-order valence-electron chi connectivity index (χ2n) is 7.29. The molecular formula is C24H26N4O. The average molecular weight is 386 g/mol. The highest BCUT2D eigenvalue weighted by molar-refractivity contribution is 6.04. The van der Waals surface area contributed by atoms with Gasteiger partial charge < -0.3 is 15.5 Å². The minimum Gasteiger partial charge on any atom is -0.372 e. The summed E-state index contributed by atoms with van der Waals surface area (Å²) in [5.74, 6) is 0.574. The predicted molar refractivity (Wildman–Crippen MR) is 119 cm³/mol. The summed E-state index contributed by atoms with van der Waals surface area (Å²) in [4.78, 5) is 19.3. The summed E-state index contributed by atoms with van der Waals surface area (Å²) < 4.78 is 0. The third-order valence-corrected chi connectivity index (χ3v) is 5.18. The maximum atomic E-state index is 12.6. The molecule has 0 saturated carbocycles. The van der Waals surface area contributed by atoms with E-state index < -0.39 is 0 Å². The molecule has 0 radical (unpaired) electrons. The second-order valence-corrected chi connectivity index (χ2v) is 7.29. The molecule has 1 saturated heterocycles. The van der Waals surface area contributed by atoms with Crippen LogP contribution in [0.3, 0.4) is 0 Å². The SMILES string of the molecule is O=C(Nc1ccc(N2CCCC2)cc1)c1ccnc(NCCc2ccccc2)c1. The van der Waals surface area contributed by atoms with Gasteiger partial charge in [0.15, 0.2) is 0 Å². The Bertz CT molecular complexity index is 935. The number of aromatic nitrogens is 1. The van der Waals surface area contributed by atoms with Crippen LogP contribution in [0.2, 0.25) is 0 Å². The zero-order chi connectivity index (χ0) is 19.9. The van der Waals surface area contributed by atoms with Crippen LogP contribution in [-0.4, -0.2) is 30.5 Å². The highest BCUT2D eigenvalue weighted by Gasteiger charge is 2.12. The molecule has 4 rings (SSSR count). The molecule has 148 valence electrons. The summed E-state index contributed by atoms with van der Waals surface area (Å²) in [5.41, 5.74) is 3.87. The summed E-state index contributed by atoms with van der Waals surface area (Å²) in [5, 5.41) is 6.27. The van der Waals surface area contributed by atoms with E-state index in [1.807, 2.05) is 30.3 Å². The van der Waals surface area contributed by atoms with Crippen molar-refractivity contribution >= 4 is 23.1 Å². The van der Waals surface area contributed by atoms with Crippen LogP contribution >= 0.6 is 0 Å². The van der Waals surface area contributed by atoms with Crippen LogP contribution in [0.5, 0.6) is 0 Å². The predicted octanol–water partition coefficient (Wildman–Crippen LogP) is 4.59. The highest BCUT2D eigenvalue weighted by Crippen LogP contribution is 2.22. The van der Waals surface area contributed by atoms with Crippen molar-refractivity contribution in [2.24, 2.45) is 0 Å². The molecule has 5 heteroatoms. The fraction of sp³-hybridized carbons (Fsp3) is 0.250. The minimum atomic E-state index is -0.132. The molecule has 0 unspecified atom stereocenters. The smallest absolute Gasteiger partial charge is 0.255 e. The number of carbonyl (C=O) groups excluding carboxylic acids is 1. The molecule has 3 aromatic rings. The van der Waals surface area contributed by atoms with Crippen molar-refractivity contribution in [3.05, 3.63) is 84.1 Å². The Morgan fingerprint density at radius 3 is 2.48 bits per heavy atom. The normalized spacial score (nSPS) is 13.3. The molecule has 0 spiro atoms. The largest absolute Gasteiger partial charge is 0.372 e. The third-order valence-electron chi connectivity index (χ3n) is 5.18. The quantitative estimate of drug-likeness (QED) is 0.624. The lowest BCUT2D eigenvalue weighted by Crippen LogP contribution is -2.17. The number of hydrogen-bond donors (Lipinski definition) is 2. The van der Waals surface area contributed by atoms with Crippen LogP contribution < -0.4 is 15.5 Å². The number of nitrogens with zero attached hydrogens (tertiary/aromatic N) is 2. The van der Waals surface area contributed by atoms with Gasteiger partial charge in [0.05, 0.1) is 0 Å². The van der Waals surface area contributed by atoms with Crippen molar-refractivity contribution in [3.8, 4) is 0 Å². The number of amides is 1. The van der Waals surface area contributed by atoms with Gasteiger partial charge in [0.2, 0.25) is 0 Å². The number of carbonyl (C=O) groups is 1. The first-order valence-electron chi connectivity index (χ1n) is 10.2. The maximum absolute atomic E-state index is 12.6. The van der Waals surface area contributed by atoms with E-state index >= 15 is 0 Å². The fourth-order valence-electron chi connectivity index (χ4n) is 3.58. The molecule has 5 nitrogen and oxygen atoms in total. The lowest BCUT2D eigenvalue weighted by molar-refractivity contribution is 0.102. The number of hydrogen-bond acceptors (Lipinski definition) is 4. The van der Waals surface area contributed by atoms with Gasteiger partial charge in [-0.2, -0.15) is 0 Å². The maximum Gasteiger partial charge on any atom is 0.255 e. The van der Waals surface area contributed by atoms with Crippen LogP contribution in [0.15, 0.2) is 72.9 Å². The minimum absolute atomic E-state index is 0.132. The van der Waals surface area contributed by atoms with E-state index in [0.717, 1.165) is 31.7 Å². The molecule has 1 amide bonds. The Kier molecular flexibility index (Phi) is 6.05. The van der Waals surface area contributed by atoms with Gasteiger partial charge in [-0.1, -0.05) is 30.3 Å². The van der Waals surface area contributed by atoms with E-state index in [-0.39, 0.29) is 5.91 Å². The first kappa shape index (κ1) is 19.0. The van der Waals surface area contributed by atoms with Crippen LogP contribution in [0.25, 0.3) is 0 Å². The highest BCUT2D eigenvalue weighted by atomic mass is 16.1. The van der Waals surface area contributed by atoms with Crippen molar-refractivity contribution in [1.29, 1.82) is 0 Å². The molecule has 2 aromatic carbocycles. The summed E-state index contributed by atoms with van der Waals surface area (Å²) in [6, 6.07) is 21.9. The number of nitrogens with one attached hydrogen (secondary N) is 2. The molecule has 0 aliphatic carbocycles. The van der Waals surface area contributed by atoms with Crippen LogP contribution in [0.4, 0.5) is 17.2 Å². The summed E-state index contributed by atoms with van der Waals surface area (Å²) >= 11 is 0. The lowest BCUT2D eigenvalue weighted by Gasteiger charge is -2.17.